The molecule has 0 heterocycles. The first-order valence-electron chi connectivity index (χ1n) is 5.88. The summed E-state index contributed by atoms with van der Waals surface area (Å²) in [6, 6.07) is 12.7. The molecule has 1 amide bonds. The number of halogens is 1. The molecule has 4 heteroatoms. The van der Waals surface area contributed by atoms with Crippen molar-refractivity contribution in [2.24, 2.45) is 0 Å². The number of aliphatic hydroxyl groups is 1. The van der Waals surface area contributed by atoms with E-state index in [0.717, 1.165) is 0 Å². The molecule has 3 nitrogen and oxygen atoms in total. The molecule has 2 aromatic rings. The highest BCUT2D eigenvalue weighted by atomic mass is 19.1. The molecule has 2 aromatic carbocycles. The van der Waals surface area contributed by atoms with Gasteiger partial charge in [0.15, 0.2) is 0 Å². The summed E-state index contributed by atoms with van der Waals surface area (Å²) in [5, 5.41) is 12.7. The van der Waals surface area contributed by atoms with E-state index in [0.29, 0.717) is 11.3 Å². The summed E-state index contributed by atoms with van der Waals surface area (Å²) in [6.07, 6.45) is -1.02. The largest absolute Gasteiger partial charge is 0.384 e. The number of nitrogens with one attached hydrogen (secondary N) is 1. The molecule has 2 rings (SSSR count). The van der Waals surface area contributed by atoms with Crippen LogP contribution < -0.4 is 5.32 Å². The zero-order valence-corrected chi connectivity index (χ0v) is 10.4. The Labute approximate surface area is 110 Å². The van der Waals surface area contributed by atoms with Crippen molar-refractivity contribution in [3.05, 3.63) is 65.5 Å². The van der Waals surface area contributed by atoms with E-state index < -0.39 is 11.9 Å². The van der Waals surface area contributed by atoms with E-state index in [1.807, 2.05) is 0 Å². The molecule has 0 bridgehead atoms. The van der Waals surface area contributed by atoms with Gasteiger partial charge >= 0.3 is 0 Å². The average Bonchev–Trinajstić information content (AvgIpc) is 2.39. The number of carbonyl (C=O) groups excluding carboxylic acids is 1. The summed E-state index contributed by atoms with van der Waals surface area (Å²) in [6.45, 7) is 1.42. The molecule has 0 unspecified atom stereocenters. The van der Waals surface area contributed by atoms with Gasteiger partial charge in [-0.25, -0.2) is 4.39 Å². The van der Waals surface area contributed by atoms with Crippen molar-refractivity contribution < 1.29 is 14.3 Å². The van der Waals surface area contributed by atoms with Crippen LogP contribution >= 0.6 is 0 Å². The van der Waals surface area contributed by atoms with E-state index in [-0.39, 0.29) is 11.5 Å². The van der Waals surface area contributed by atoms with Gasteiger partial charge in [0.2, 0.25) is 5.91 Å². The number of aliphatic hydroxyl groups excluding tert-OH is 1. The molecule has 0 aliphatic carbocycles. The normalized spacial score (nSPS) is 11.9. The van der Waals surface area contributed by atoms with Crippen molar-refractivity contribution in [3.63, 3.8) is 0 Å². The van der Waals surface area contributed by atoms with Crippen LogP contribution in [-0.2, 0) is 4.79 Å². The Morgan fingerprint density at radius 3 is 2.37 bits per heavy atom. The molecule has 0 aliphatic heterocycles. The second-order valence-corrected chi connectivity index (χ2v) is 4.23. The van der Waals surface area contributed by atoms with Gasteiger partial charge in [-0.1, -0.05) is 30.3 Å². The highest BCUT2D eigenvalue weighted by Crippen LogP contribution is 2.25. The molecule has 0 aromatic heterocycles. The van der Waals surface area contributed by atoms with E-state index in [1.165, 1.54) is 13.0 Å². The average molecular weight is 259 g/mol. The number of carbonyl (C=O) groups is 1. The summed E-state index contributed by atoms with van der Waals surface area (Å²) >= 11 is 0. The Balaban J connectivity index is 2.23. The van der Waals surface area contributed by atoms with E-state index in [4.69, 9.17) is 0 Å². The number of benzene rings is 2. The minimum Gasteiger partial charge on any atom is -0.384 e. The molecule has 1 atom stereocenters. The van der Waals surface area contributed by atoms with Gasteiger partial charge in [0.05, 0.1) is 0 Å². The summed E-state index contributed by atoms with van der Waals surface area (Å²) in [5.74, 6) is -0.608. The molecule has 0 fully saturated rings. The fraction of sp³-hybridized carbons (Fsp3) is 0.133. The van der Waals surface area contributed by atoms with Crippen molar-refractivity contribution in [2.75, 3.05) is 5.32 Å². The Bertz CT molecular complexity index is 581. The monoisotopic (exact) mass is 259 g/mol. The van der Waals surface area contributed by atoms with E-state index >= 15 is 0 Å². The van der Waals surface area contributed by atoms with Crippen molar-refractivity contribution in [1.29, 1.82) is 0 Å². The van der Waals surface area contributed by atoms with Crippen LogP contribution in [-0.4, -0.2) is 11.0 Å². The summed E-state index contributed by atoms with van der Waals surface area (Å²) in [4.78, 5) is 10.9. The molecule has 2 N–H and O–H groups in total. The minimum atomic E-state index is -1.02. The third-order valence-electron chi connectivity index (χ3n) is 2.75. The van der Waals surface area contributed by atoms with Crippen LogP contribution in [0.15, 0.2) is 48.5 Å². The van der Waals surface area contributed by atoms with Crippen molar-refractivity contribution in [1.82, 2.24) is 0 Å². The van der Waals surface area contributed by atoms with Crippen LogP contribution in [0.4, 0.5) is 10.1 Å². The Morgan fingerprint density at radius 1 is 1.16 bits per heavy atom. The molecule has 98 valence electrons. The first kappa shape index (κ1) is 13.2. The molecule has 19 heavy (non-hydrogen) atoms. The quantitative estimate of drug-likeness (QED) is 0.890. The third kappa shape index (κ3) is 3.17. The number of amides is 1. The SMILES string of the molecule is CC(=O)Nc1ccc([C@@H](O)c2ccccc2F)cc1. The van der Waals surface area contributed by atoms with Crippen molar-refractivity contribution >= 4 is 11.6 Å². The fourth-order valence-corrected chi connectivity index (χ4v) is 1.83. The standard InChI is InChI=1S/C15H14FNO2/c1-10(18)17-12-8-6-11(7-9-12)15(19)13-4-2-3-5-14(13)16/h2-9,15,19H,1H3,(H,17,18)/t15-/m1/s1. The fourth-order valence-electron chi connectivity index (χ4n) is 1.83. The van der Waals surface area contributed by atoms with Crippen molar-refractivity contribution in [3.8, 4) is 0 Å². The molecule has 0 saturated carbocycles. The number of hydrogen-bond donors (Lipinski definition) is 2. The first-order chi connectivity index (χ1) is 9.08. The van der Waals surface area contributed by atoms with Gasteiger partial charge in [0.1, 0.15) is 11.9 Å². The predicted octanol–water partition coefficient (Wildman–Crippen LogP) is 2.87. The highest BCUT2D eigenvalue weighted by Gasteiger charge is 2.14. The van der Waals surface area contributed by atoms with Crippen molar-refractivity contribution in [2.45, 2.75) is 13.0 Å². The van der Waals surface area contributed by atoms with Crippen LogP contribution in [0.3, 0.4) is 0 Å². The van der Waals surface area contributed by atoms with Gasteiger partial charge in [-0.05, 0) is 23.8 Å². The molecule has 0 saturated heterocycles. The topological polar surface area (TPSA) is 49.3 Å². The summed E-state index contributed by atoms with van der Waals surface area (Å²) in [7, 11) is 0. The smallest absolute Gasteiger partial charge is 0.221 e. The van der Waals surface area contributed by atoms with Gasteiger partial charge < -0.3 is 10.4 Å². The third-order valence-corrected chi connectivity index (χ3v) is 2.75. The summed E-state index contributed by atoms with van der Waals surface area (Å²) < 4.78 is 13.6. The van der Waals surface area contributed by atoms with Crippen LogP contribution in [0.5, 0.6) is 0 Å². The maximum Gasteiger partial charge on any atom is 0.221 e. The second kappa shape index (κ2) is 5.63. The highest BCUT2D eigenvalue weighted by molar-refractivity contribution is 5.88. The number of rotatable bonds is 3. The van der Waals surface area contributed by atoms with Gasteiger partial charge in [-0.15, -0.1) is 0 Å². The predicted molar refractivity (Wildman–Crippen MR) is 71.2 cm³/mol. The molecular weight excluding hydrogens is 245 g/mol. The van der Waals surface area contributed by atoms with E-state index in [1.54, 1.807) is 42.5 Å². The maximum absolute atomic E-state index is 13.6. The lowest BCUT2D eigenvalue weighted by Crippen LogP contribution is -2.06. The second-order valence-electron chi connectivity index (χ2n) is 4.23. The van der Waals surface area contributed by atoms with E-state index in [2.05, 4.69) is 5.32 Å². The van der Waals surface area contributed by atoms with Crippen LogP contribution in [0.25, 0.3) is 0 Å². The zero-order chi connectivity index (χ0) is 13.8. The molecule has 0 spiro atoms. The van der Waals surface area contributed by atoms with Crippen LogP contribution in [0, 0.1) is 5.82 Å². The van der Waals surface area contributed by atoms with Gasteiger partial charge in [-0.2, -0.15) is 0 Å². The van der Waals surface area contributed by atoms with Crippen LogP contribution in [0.2, 0.25) is 0 Å². The van der Waals surface area contributed by atoms with E-state index in [9.17, 15) is 14.3 Å². The Hall–Kier alpha value is -2.20. The lowest BCUT2D eigenvalue weighted by molar-refractivity contribution is -0.114. The molecular formula is C15H14FNO2. The van der Waals surface area contributed by atoms with Crippen LogP contribution in [0.1, 0.15) is 24.2 Å². The number of hydrogen-bond acceptors (Lipinski definition) is 2. The Morgan fingerprint density at radius 2 is 1.79 bits per heavy atom. The van der Waals surface area contributed by atoms with Gasteiger partial charge in [-0.3, -0.25) is 4.79 Å². The first-order valence-corrected chi connectivity index (χ1v) is 5.88. The lowest BCUT2D eigenvalue weighted by Gasteiger charge is -2.13. The Kier molecular flexibility index (Phi) is 3.92. The zero-order valence-electron chi connectivity index (χ0n) is 10.4. The molecule has 0 aliphatic rings. The molecule has 0 radical (unpaired) electrons. The maximum atomic E-state index is 13.6. The van der Waals surface area contributed by atoms with Gasteiger partial charge in [0, 0.05) is 18.2 Å². The lowest BCUT2D eigenvalue weighted by atomic mass is 10.0. The number of anilines is 1. The summed E-state index contributed by atoms with van der Waals surface area (Å²) in [5.41, 5.74) is 1.44. The minimum absolute atomic E-state index is 0.164. The van der Waals surface area contributed by atoms with Gasteiger partial charge in [0.25, 0.3) is 0 Å².